The molecule has 0 bridgehead atoms. The summed E-state index contributed by atoms with van der Waals surface area (Å²) in [4.78, 5) is 16.3. The molecule has 0 saturated heterocycles. The first kappa shape index (κ1) is 19.0. The third-order valence-corrected chi connectivity index (χ3v) is 5.02. The number of methoxy groups -OCH3 is 1. The summed E-state index contributed by atoms with van der Waals surface area (Å²) < 4.78 is 44.1. The highest BCUT2D eigenvalue weighted by Gasteiger charge is 2.32. The van der Waals surface area contributed by atoms with Crippen LogP contribution in [0.3, 0.4) is 0 Å². The number of thiazole rings is 1. The van der Waals surface area contributed by atoms with Crippen molar-refractivity contribution in [2.75, 3.05) is 19.4 Å². The number of benzene rings is 2. The number of carbonyl (C=O) groups is 1. The zero-order valence-corrected chi connectivity index (χ0v) is 15.1. The maximum absolute atomic E-state index is 12.9. The number of amides is 1. The summed E-state index contributed by atoms with van der Waals surface area (Å²) >= 11 is 0.970. The van der Waals surface area contributed by atoms with Gasteiger partial charge in [0.25, 0.3) is 5.91 Å². The SMILES string of the molecule is COc1ccc(CCNC(=O)c2nc3cc(C(F)(F)F)cc(N)c3s2)cc1. The standard InChI is InChI=1S/C18H16F3N3O2S/c1-26-12-4-2-10(3-5-12)6-7-23-16(25)17-24-14-9-11(18(19,20)21)8-13(22)15(14)27-17/h2-5,8-9H,6-7,22H2,1H3,(H,23,25). The second-order valence-corrected chi connectivity index (χ2v) is 6.78. The molecule has 0 fully saturated rings. The van der Waals surface area contributed by atoms with Crippen LogP contribution in [0.1, 0.15) is 20.9 Å². The monoisotopic (exact) mass is 395 g/mol. The predicted octanol–water partition coefficient (Wildman–Crippen LogP) is 3.88. The van der Waals surface area contributed by atoms with E-state index in [9.17, 15) is 18.0 Å². The minimum Gasteiger partial charge on any atom is -0.497 e. The van der Waals surface area contributed by atoms with Crippen LogP contribution in [0.4, 0.5) is 18.9 Å². The largest absolute Gasteiger partial charge is 0.497 e. The maximum atomic E-state index is 12.9. The molecular weight excluding hydrogens is 379 g/mol. The molecule has 27 heavy (non-hydrogen) atoms. The van der Waals surface area contributed by atoms with Gasteiger partial charge in [-0.25, -0.2) is 4.98 Å². The third-order valence-electron chi connectivity index (χ3n) is 3.90. The molecule has 0 aliphatic heterocycles. The van der Waals surface area contributed by atoms with Gasteiger partial charge in [0.1, 0.15) is 5.75 Å². The third kappa shape index (κ3) is 4.30. The van der Waals surface area contributed by atoms with Crippen molar-refractivity contribution in [1.82, 2.24) is 10.3 Å². The van der Waals surface area contributed by atoms with Crippen molar-refractivity contribution in [2.45, 2.75) is 12.6 Å². The fourth-order valence-electron chi connectivity index (χ4n) is 2.51. The molecule has 0 unspecified atom stereocenters. The van der Waals surface area contributed by atoms with Crippen molar-refractivity contribution in [2.24, 2.45) is 0 Å². The smallest absolute Gasteiger partial charge is 0.416 e. The molecule has 2 aromatic carbocycles. The topological polar surface area (TPSA) is 77.2 Å². The van der Waals surface area contributed by atoms with Crippen LogP contribution in [-0.4, -0.2) is 24.5 Å². The second-order valence-electron chi connectivity index (χ2n) is 5.78. The summed E-state index contributed by atoms with van der Waals surface area (Å²) in [5.41, 5.74) is 5.84. The van der Waals surface area contributed by atoms with E-state index in [1.165, 1.54) is 0 Å². The normalized spacial score (nSPS) is 11.6. The molecule has 9 heteroatoms. The first-order valence-corrected chi connectivity index (χ1v) is 8.78. The highest BCUT2D eigenvalue weighted by molar-refractivity contribution is 7.20. The number of hydrogen-bond donors (Lipinski definition) is 2. The quantitative estimate of drug-likeness (QED) is 0.643. The van der Waals surface area contributed by atoms with Crippen LogP contribution in [0.15, 0.2) is 36.4 Å². The molecule has 0 atom stereocenters. The van der Waals surface area contributed by atoms with Crippen molar-refractivity contribution in [3.05, 3.63) is 52.5 Å². The number of ether oxygens (including phenoxy) is 1. The molecular formula is C18H16F3N3O2S. The Morgan fingerprint density at radius 2 is 1.96 bits per heavy atom. The number of anilines is 1. The van der Waals surface area contributed by atoms with E-state index in [-0.39, 0.29) is 16.2 Å². The summed E-state index contributed by atoms with van der Waals surface area (Å²) in [6.45, 7) is 0.365. The van der Waals surface area contributed by atoms with Crippen LogP contribution < -0.4 is 15.8 Å². The number of nitrogens with zero attached hydrogens (tertiary/aromatic N) is 1. The van der Waals surface area contributed by atoms with Crippen molar-refractivity contribution in [3.63, 3.8) is 0 Å². The molecule has 142 valence electrons. The lowest BCUT2D eigenvalue weighted by Gasteiger charge is -2.07. The lowest BCUT2D eigenvalue weighted by molar-refractivity contribution is -0.137. The summed E-state index contributed by atoms with van der Waals surface area (Å²) in [7, 11) is 1.58. The van der Waals surface area contributed by atoms with E-state index >= 15 is 0 Å². The van der Waals surface area contributed by atoms with Gasteiger partial charge in [0, 0.05) is 6.54 Å². The summed E-state index contributed by atoms with van der Waals surface area (Å²) in [6.07, 6.45) is -3.92. The van der Waals surface area contributed by atoms with Gasteiger partial charge in [-0.3, -0.25) is 4.79 Å². The predicted molar refractivity (Wildman–Crippen MR) is 98.1 cm³/mol. The first-order valence-electron chi connectivity index (χ1n) is 7.96. The molecule has 3 N–H and O–H groups in total. The van der Waals surface area contributed by atoms with Gasteiger partial charge in [0.15, 0.2) is 5.01 Å². The minimum atomic E-state index is -4.52. The molecule has 5 nitrogen and oxygen atoms in total. The Bertz CT molecular complexity index is 968. The van der Waals surface area contributed by atoms with Gasteiger partial charge in [-0.2, -0.15) is 13.2 Å². The number of alkyl halides is 3. The molecule has 0 aliphatic rings. The van der Waals surface area contributed by atoms with Gasteiger partial charge in [0.2, 0.25) is 0 Å². The summed E-state index contributed by atoms with van der Waals surface area (Å²) in [6, 6.07) is 9.18. The summed E-state index contributed by atoms with van der Waals surface area (Å²) in [5, 5.41) is 2.79. The lowest BCUT2D eigenvalue weighted by atomic mass is 10.1. The molecule has 1 heterocycles. The van der Waals surface area contributed by atoms with E-state index in [0.29, 0.717) is 17.7 Å². The zero-order chi connectivity index (χ0) is 19.6. The molecule has 3 aromatic rings. The molecule has 1 aromatic heterocycles. The van der Waals surface area contributed by atoms with E-state index in [4.69, 9.17) is 10.5 Å². The van der Waals surface area contributed by atoms with Gasteiger partial charge < -0.3 is 15.8 Å². The Morgan fingerprint density at radius 3 is 2.59 bits per heavy atom. The number of hydrogen-bond acceptors (Lipinski definition) is 5. The van der Waals surface area contributed by atoms with Gasteiger partial charge in [0.05, 0.1) is 28.6 Å². The average Bonchev–Trinajstić information content (AvgIpc) is 3.06. The number of halogens is 3. The highest BCUT2D eigenvalue weighted by Crippen LogP contribution is 2.36. The Kier molecular flexibility index (Phi) is 5.22. The van der Waals surface area contributed by atoms with Gasteiger partial charge in [-0.05, 0) is 36.2 Å². The second kappa shape index (κ2) is 7.43. The Hall–Kier alpha value is -2.81. The van der Waals surface area contributed by atoms with Gasteiger partial charge in [-0.1, -0.05) is 12.1 Å². The number of aromatic nitrogens is 1. The van der Waals surface area contributed by atoms with Crippen LogP contribution in [0.25, 0.3) is 10.2 Å². The van der Waals surface area contributed by atoms with E-state index in [1.54, 1.807) is 7.11 Å². The Labute approximate surface area is 157 Å². The number of fused-ring (bicyclic) bond motifs is 1. The van der Waals surface area contributed by atoms with Crippen LogP contribution in [-0.2, 0) is 12.6 Å². The molecule has 0 spiro atoms. The van der Waals surface area contributed by atoms with E-state index < -0.39 is 17.6 Å². The van der Waals surface area contributed by atoms with Crippen LogP contribution >= 0.6 is 11.3 Å². The van der Waals surface area contributed by atoms with E-state index in [2.05, 4.69) is 10.3 Å². The molecule has 1 amide bonds. The van der Waals surface area contributed by atoms with Crippen molar-refractivity contribution >= 4 is 33.1 Å². The molecule has 0 aliphatic carbocycles. The van der Waals surface area contributed by atoms with Crippen LogP contribution in [0, 0.1) is 0 Å². The maximum Gasteiger partial charge on any atom is 0.416 e. The Balaban J connectivity index is 1.69. The average molecular weight is 395 g/mol. The van der Waals surface area contributed by atoms with E-state index in [1.807, 2.05) is 24.3 Å². The number of nitrogens with two attached hydrogens (primary N) is 1. The van der Waals surface area contributed by atoms with Crippen LogP contribution in [0.5, 0.6) is 5.75 Å². The van der Waals surface area contributed by atoms with Gasteiger partial charge in [-0.15, -0.1) is 11.3 Å². The van der Waals surface area contributed by atoms with Crippen molar-refractivity contribution in [3.8, 4) is 5.75 Å². The summed E-state index contributed by atoms with van der Waals surface area (Å²) in [5.74, 6) is 0.297. The molecule has 0 saturated carbocycles. The number of rotatable bonds is 5. The minimum absolute atomic E-state index is 0.0467. The number of nitrogens with one attached hydrogen (secondary N) is 1. The first-order chi connectivity index (χ1) is 12.8. The van der Waals surface area contributed by atoms with Crippen molar-refractivity contribution in [1.29, 1.82) is 0 Å². The van der Waals surface area contributed by atoms with E-state index in [0.717, 1.165) is 34.8 Å². The molecule has 0 radical (unpaired) electrons. The molecule has 3 rings (SSSR count). The fourth-order valence-corrected chi connectivity index (χ4v) is 3.40. The number of nitrogen functional groups attached to an aromatic ring is 1. The fraction of sp³-hybridized carbons (Fsp3) is 0.222. The lowest BCUT2D eigenvalue weighted by Crippen LogP contribution is -2.25. The number of carbonyl (C=O) groups excluding carboxylic acids is 1. The van der Waals surface area contributed by atoms with Crippen LogP contribution in [0.2, 0.25) is 0 Å². The Morgan fingerprint density at radius 1 is 1.26 bits per heavy atom. The van der Waals surface area contributed by atoms with Crippen molar-refractivity contribution < 1.29 is 22.7 Å². The van der Waals surface area contributed by atoms with Gasteiger partial charge >= 0.3 is 6.18 Å². The highest BCUT2D eigenvalue weighted by atomic mass is 32.1. The zero-order valence-electron chi connectivity index (χ0n) is 14.3.